The van der Waals surface area contributed by atoms with Gasteiger partial charge in [0.15, 0.2) is 6.04 Å². The van der Waals surface area contributed by atoms with Gasteiger partial charge in [0, 0.05) is 13.0 Å². The molecule has 0 aromatic heterocycles. The number of carboxylic acids is 1. The fourth-order valence-electron chi connectivity index (χ4n) is 4.43. The molecule has 3 N–H and O–H groups in total. The van der Waals surface area contributed by atoms with Crippen LogP contribution in [0.3, 0.4) is 0 Å². The molecule has 2 atom stereocenters. The first-order valence-electron chi connectivity index (χ1n) is 11.5. The highest BCUT2D eigenvalue weighted by Gasteiger charge is 2.40. The first kappa shape index (κ1) is 25.2. The first-order valence-corrected chi connectivity index (χ1v) is 11.5. The standard InChI is InChI=1S/C26H32N2O6/c1-5-26(6-2,24(31)27-22(23(29)30)16(3)33-4)28-25(32)34-15-21-19-13-9-7-11-17(19)18-12-8-10-14-20(18)21/h7-14,16,21-22H,5-6,15H2,1-4H3,(H,27,31)(H,28,32)(H,29,30). The van der Waals surface area contributed by atoms with Gasteiger partial charge < -0.3 is 25.2 Å². The highest BCUT2D eigenvalue weighted by atomic mass is 16.5. The molecule has 34 heavy (non-hydrogen) atoms. The van der Waals surface area contributed by atoms with Gasteiger partial charge in [0.2, 0.25) is 5.91 Å². The predicted molar refractivity (Wildman–Crippen MR) is 128 cm³/mol. The first-order chi connectivity index (χ1) is 16.3. The number of hydrogen-bond donors (Lipinski definition) is 3. The Bertz CT molecular complexity index is 1000. The molecule has 182 valence electrons. The lowest BCUT2D eigenvalue weighted by Crippen LogP contribution is -2.62. The Hall–Kier alpha value is -3.39. The smallest absolute Gasteiger partial charge is 0.408 e. The third-order valence-electron chi connectivity index (χ3n) is 6.72. The summed E-state index contributed by atoms with van der Waals surface area (Å²) in [4.78, 5) is 37.5. The molecule has 0 saturated carbocycles. The van der Waals surface area contributed by atoms with Crippen molar-refractivity contribution in [3.05, 3.63) is 59.7 Å². The molecule has 2 unspecified atom stereocenters. The Morgan fingerprint density at radius 1 is 1.00 bits per heavy atom. The van der Waals surface area contributed by atoms with Gasteiger partial charge in [-0.05, 0) is 42.0 Å². The Balaban J connectivity index is 1.72. The third kappa shape index (κ3) is 4.92. The SMILES string of the molecule is CCC(CC)(NC(=O)OCC1c2ccccc2-c2ccccc21)C(=O)NC(C(=O)O)C(C)OC. The van der Waals surface area contributed by atoms with Gasteiger partial charge in [-0.1, -0.05) is 62.4 Å². The normalized spacial score (nSPS) is 14.5. The minimum atomic E-state index is -1.32. The van der Waals surface area contributed by atoms with Crippen molar-refractivity contribution < 1.29 is 29.0 Å². The van der Waals surface area contributed by atoms with E-state index in [2.05, 4.69) is 22.8 Å². The van der Waals surface area contributed by atoms with Crippen LogP contribution in [0.2, 0.25) is 0 Å². The lowest BCUT2D eigenvalue weighted by molar-refractivity contribution is -0.146. The summed E-state index contributed by atoms with van der Waals surface area (Å²) in [6, 6.07) is 14.8. The van der Waals surface area contributed by atoms with Crippen molar-refractivity contribution in [1.29, 1.82) is 0 Å². The summed E-state index contributed by atoms with van der Waals surface area (Å²) in [5.74, 6) is -1.92. The summed E-state index contributed by atoms with van der Waals surface area (Å²) in [7, 11) is 1.37. The van der Waals surface area contributed by atoms with Crippen molar-refractivity contribution in [2.45, 2.75) is 57.2 Å². The molecule has 0 bridgehead atoms. The van der Waals surface area contributed by atoms with Crippen molar-refractivity contribution in [2.24, 2.45) is 0 Å². The second kappa shape index (κ2) is 10.7. The fraction of sp³-hybridized carbons (Fsp3) is 0.423. The Morgan fingerprint density at radius 2 is 1.53 bits per heavy atom. The molecular weight excluding hydrogens is 436 g/mol. The molecule has 2 aromatic rings. The minimum Gasteiger partial charge on any atom is -0.480 e. The molecule has 8 nitrogen and oxygen atoms in total. The van der Waals surface area contributed by atoms with Crippen molar-refractivity contribution in [3.8, 4) is 11.1 Å². The molecule has 0 spiro atoms. The molecule has 8 heteroatoms. The second-order valence-corrected chi connectivity index (χ2v) is 8.47. The second-order valence-electron chi connectivity index (χ2n) is 8.47. The average Bonchev–Trinajstić information content (AvgIpc) is 3.17. The number of carbonyl (C=O) groups is 3. The average molecular weight is 469 g/mol. The predicted octanol–water partition coefficient (Wildman–Crippen LogP) is 3.69. The summed E-state index contributed by atoms with van der Waals surface area (Å²) in [5.41, 5.74) is 3.10. The highest BCUT2D eigenvalue weighted by Crippen LogP contribution is 2.44. The van der Waals surface area contributed by atoms with Crippen LogP contribution in [0.25, 0.3) is 11.1 Å². The van der Waals surface area contributed by atoms with E-state index in [0.717, 1.165) is 22.3 Å². The molecule has 0 aliphatic heterocycles. The molecule has 0 fully saturated rings. The summed E-state index contributed by atoms with van der Waals surface area (Å²) in [6.45, 7) is 5.17. The Kier molecular flexibility index (Phi) is 7.94. The van der Waals surface area contributed by atoms with Crippen LogP contribution in [0.1, 0.15) is 50.7 Å². The number of alkyl carbamates (subject to hydrolysis) is 1. The van der Waals surface area contributed by atoms with E-state index in [1.165, 1.54) is 7.11 Å². The summed E-state index contributed by atoms with van der Waals surface area (Å²) >= 11 is 0. The molecule has 3 rings (SSSR count). The van der Waals surface area contributed by atoms with E-state index in [4.69, 9.17) is 9.47 Å². The quantitative estimate of drug-likeness (QED) is 0.490. The number of benzene rings is 2. The monoisotopic (exact) mass is 468 g/mol. The molecule has 0 radical (unpaired) electrons. The maximum Gasteiger partial charge on any atom is 0.408 e. The fourth-order valence-corrected chi connectivity index (χ4v) is 4.43. The number of carbonyl (C=O) groups excluding carboxylic acids is 2. The van der Waals surface area contributed by atoms with Crippen LogP contribution < -0.4 is 10.6 Å². The van der Waals surface area contributed by atoms with Gasteiger partial charge in [0.05, 0.1) is 6.10 Å². The van der Waals surface area contributed by atoms with Crippen LogP contribution in [-0.2, 0) is 19.1 Å². The molecule has 0 saturated heterocycles. The van der Waals surface area contributed by atoms with Crippen molar-refractivity contribution >= 4 is 18.0 Å². The maximum atomic E-state index is 13.1. The lowest BCUT2D eigenvalue weighted by atomic mass is 9.91. The van der Waals surface area contributed by atoms with E-state index in [0.29, 0.717) is 0 Å². The van der Waals surface area contributed by atoms with Gasteiger partial charge in [-0.25, -0.2) is 9.59 Å². The van der Waals surface area contributed by atoms with Gasteiger partial charge in [0.1, 0.15) is 12.1 Å². The molecule has 2 amide bonds. The summed E-state index contributed by atoms with van der Waals surface area (Å²) in [5, 5.41) is 14.7. The number of carboxylic acid groups (broad SMARTS) is 1. The maximum absolute atomic E-state index is 13.1. The van der Waals surface area contributed by atoms with Gasteiger partial charge in [-0.2, -0.15) is 0 Å². The zero-order valence-electron chi connectivity index (χ0n) is 20.0. The number of methoxy groups -OCH3 is 1. The van der Waals surface area contributed by atoms with Crippen LogP contribution in [0.15, 0.2) is 48.5 Å². The molecular formula is C26H32N2O6. The van der Waals surface area contributed by atoms with Crippen molar-refractivity contribution in [3.63, 3.8) is 0 Å². The van der Waals surface area contributed by atoms with Crippen molar-refractivity contribution in [1.82, 2.24) is 10.6 Å². The molecule has 2 aromatic carbocycles. The van der Waals surface area contributed by atoms with Crippen LogP contribution in [-0.4, -0.2) is 54.5 Å². The van der Waals surface area contributed by atoms with Gasteiger partial charge >= 0.3 is 12.1 Å². The van der Waals surface area contributed by atoms with E-state index < -0.39 is 35.7 Å². The van der Waals surface area contributed by atoms with E-state index in [-0.39, 0.29) is 25.4 Å². The van der Waals surface area contributed by atoms with Crippen LogP contribution in [0.5, 0.6) is 0 Å². The minimum absolute atomic E-state index is 0.108. The van der Waals surface area contributed by atoms with Crippen LogP contribution >= 0.6 is 0 Å². The Morgan fingerprint density at radius 3 is 2.00 bits per heavy atom. The number of fused-ring (bicyclic) bond motifs is 3. The lowest BCUT2D eigenvalue weighted by Gasteiger charge is -2.33. The number of hydrogen-bond acceptors (Lipinski definition) is 5. The van der Waals surface area contributed by atoms with Crippen LogP contribution in [0.4, 0.5) is 4.79 Å². The number of amides is 2. The van der Waals surface area contributed by atoms with Gasteiger partial charge in [-0.15, -0.1) is 0 Å². The zero-order valence-corrected chi connectivity index (χ0v) is 20.0. The summed E-state index contributed by atoms with van der Waals surface area (Å²) < 4.78 is 10.7. The van der Waals surface area contributed by atoms with E-state index in [1.54, 1.807) is 20.8 Å². The van der Waals surface area contributed by atoms with Gasteiger partial charge in [0.25, 0.3) is 0 Å². The molecule has 1 aliphatic carbocycles. The highest BCUT2D eigenvalue weighted by molar-refractivity contribution is 5.93. The van der Waals surface area contributed by atoms with Gasteiger partial charge in [-0.3, -0.25) is 4.79 Å². The largest absolute Gasteiger partial charge is 0.480 e. The third-order valence-corrected chi connectivity index (χ3v) is 6.72. The number of rotatable bonds is 10. The topological polar surface area (TPSA) is 114 Å². The number of nitrogens with one attached hydrogen (secondary N) is 2. The zero-order chi connectivity index (χ0) is 24.9. The molecule has 1 aliphatic rings. The van der Waals surface area contributed by atoms with E-state index in [9.17, 15) is 19.5 Å². The summed E-state index contributed by atoms with van der Waals surface area (Å²) in [6.07, 6.45) is -0.963. The Labute approximate surface area is 199 Å². The number of aliphatic carboxylic acids is 1. The van der Waals surface area contributed by atoms with Crippen LogP contribution in [0, 0.1) is 0 Å². The molecule has 0 heterocycles. The van der Waals surface area contributed by atoms with E-state index in [1.807, 2.05) is 36.4 Å². The number of ether oxygens (including phenoxy) is 2. The van der Waals surface area contributed by atoms with E-state index >= 15 is 0 Å². The van der Waals surface area contributed by atoms with Crippen molar-refractivity contribution in [2.75, 3.05) is 13.7 Å².